The molecule has 36 heavy (non-hydrogen) atoms. The van der Waals surface area contributed by atoms with Crippen LogP contribution in [-0.2, 0) is 5.60 Å². The van der Waals surface area contributed by atoms with Crippen LogP contribution in [-0.4, -0.2) is 46.7 Å². The molecule has 3 N–H and O–H groups in total. The lowest BCUT2D eigenvalue weighted by Crippen LogP contribution is -2.54. The average Bonchev–Trinajstić information content (AvgIpc) is 3.13. The topological polar surface area (TPSA) is 64.6 Å². The highest BCUT2D eigenvalue weighted by Gasteiger charge is 2.39. The van der Waals surface area contributed by atoms with Gasteiger partial charge in [-0.3, -0.25) is 4.90 Å². The van der Waals surface area contributed by atoms with Gasteiger partial charge in [-0.2, -0.15) is 0 Å². The molecule has 194 valence electrons. The van der Waals surface area contributed by atoms with Crippen molar-refractivity contribution in [3.05, 3.63) is 71.8 Å². The van der Waals surface area contributed by atoms with Gasteiger partial charge in [0.25, 0.3) is 0 Å². The number of urea groups is 1. The summed E-state index contributed by atoms with van der Waals surface area (Å²) in [6, 6.07) is 20.5. The molecule has 2 amide bonds. The lowest BCUT2D eigenvalue weighted by atomic mass is 9.81. The number of nitrogens with zero attached hydrogens (tertiary/aromatic N) is 1. The third-order valence-corrected chi connectivity index (χ3v) is 9.23. The summed E-state index contributed by atoms with van der Waals surface area (Å²) < 4.78 is 0. The number of carbonyl (C=O) groups is 1. The molecule has 2 saturated heterocycles. The average molecular weight is 490 g/mol. The Kier molecular flexibility index (Phi) is 7.97. The van der Waals surface area contributed by atoms with Gasteiger partial charge in [-0.1, -0.05) is 67.1 Å². The van der Waals surface area contributed by atoms with Crippen molar-refractivity contribution in [2.75, 3.05) is 6.54 Å². The van der Waals surface area contributed by atoms with Gasteiger partial charge in [0.2, 0.25) is 0 Å². The number of amides is 2. The van der Waals surface area contributed by atoms with E-state index in [1.54, 1.807) is 0 Å². The molecule has 0 spiro atoms. The summed E-state index contributed by atoms with van der Waals surface area (Å²) >= 11 is 0. The number of benzene rings is 2. The fourth-order valence-corrected chi connectivity index (χ4v) is 7.10. The maximum atomic E-state index is 13.0. The fourth-order valence-electron chi connectivity index (χ4n) is 7.10. The molecular formula is C31H43N3O2. The number of fused-ring (bicyclic) bond motifs is 2. The van der Waals surface area contributed by atoms with Crippen molar-refractivity contribution < 1.29 is 9.90 Å². The Labute approximate surface area is 216 Å². The van der Waals surface area contributed by atoms with Crippen LogP contribution in [0, 0.1) is 5.92 Å². The molecule has 5 rings (SSSR count). The van der Waals surface area contributed by atoms with E-state index in [4.69, 9.17) is 0 Å². The third-order valence-electron chi connectivity index (χ3n) is 9.23. The Hall–Kier alpha value is -2.37. The first-order chi connectivity index (χ1) is 17.5. The molecule has 2 aromatic carbocycles. The number of hydrogen-bond acceptors (Lipinski definition) is 3. The molecule has 5 heteroatoms. The quantitative estimate of drug-likeness (QED) is 0.454. The molecule has 2 aliphatic heterocycles. The zero-order valence-corrected chi connectivity index (χ0v) is 21.7. The van der Waals surface area contributed by atoms with Gasteiger partial charge < -0.3 is 15.7 Å². The van der Waals surface area contributed by atoms with Crippen LogP contribution in [0.15, 0.2) is 60.7 Å². The van der Waals surface area contributed by atoms with Crippen LogP contribution in [0.4, 0.5) is 4.79 Å². The van der Waals surface area contributed by atoms with Crippen molar-refractivity contribution >= 4 is 6.03 Å². The van der Waals surface area contributed by atoms with Crippen molar-refractivity contribution in [2.45, 2.75) is 101 Å². The summed E-state index contributed by atoms with van der Waals surface area (Å²) in [5.74, 6) is 0.785. The van der Waals surface area contributed by atoms with Gasteiger partial charge in [-0.25, -0.2) is 4.79 Å². The smallest absolute Gasteiger partial charge is 0.315 e. The first kappa shape index (κ1) is 25.3. The van der Waals surface area contributed by atoms with E-state index < -0.39 is 11.6 Å². The van der Waals surface area contributed by atoms with Gasteiger partial charge in [0.1, 0.15) is 5.60 Å². The lowest BCUT2D eigenvalue weighted by Gasteiger charge is -2.37. The maximum Gasteiger partial charge on any atom is 0.315 e. The van der Waals surface area contributed by atoms with E-state index in [1.165, 1.54) is 57.9 Å². The number of aliphatic hydroxyl groups is 1. The zero-order chi connectivity index (χ0) is 25.0. The summed E-state index contributed by atoms with van der Waals surface area (Å²) in [7, 11) is 0. The lowest BCUT2D eigenvalue weighted by molar-refractivity contribution is 0.0470. The van der Waals surface area contributed by atoms with Gasteiger partial charge in [-0.15, -0.1) is 0 Å². The van der Waals surface area contributed by atoms with E-state index in [0.29, 0.717) is 0 Å². The second kappa shape index (κ2) is 11.4. The van der Waals surface area contributed by atoms with Crippen LogP contribution in [0.3, 0.4) is 0 Å². The Morgan fingerprint density at radius 1 is 0.889 bits per heavy atom. The number of rotatable bonds is 8. The predicted octanol–water partition coefficient (Wildman–Crippen LogP) is 5.58. The number of carbonyl (C=O) groups excluding carboxylic acids is 1. The second-order valence-electron chi connectivity index (χ2n) is 11.4. The van der Waals surface area contributed by atoms with E-state index in [0.717, 1.165) is 42.0 Å². The Morgan fingerprint density at radius 2 is 1.44 bits per heavy atom. The standard InChI is InChI=1S/C31H43N3O2/c1-23(31(36,25-9-4-2-5-10-25)26-11-6-3-7-12-26)32-30(35)33-27-17-15-24(16-18-27)21-22-34-28-13-8-14-29(34)20-19-28/h2-7,9-12,23-24,27-29,36H,8,13-22H2,1H3,(H2,32,33,35)/t23-,24-,27-,28-,29+/m1/s1. The van der Waals surface area contributed by atoms with Gasteiger partial charge in [0.05, 0.1) is 6.04 Å². The highest BCUT2D eigenvalue weighted by molar-refractivity contribution is 5.75. The van der Waals surface area contributed by atoms with Gasteiger partial charge in [0.15, 0.2) is 0 Å². The van der Waals surface area contributed by atoms with Crippen LogP contribution in [0.2, 0.25) is 0 Å². The van der Waals surface area contributed by atoms with E-state index in [-0.39, 0.29) is 12.1 Å². The van der Waals surface area contributed by atoms with Gasteiger partial charge >= 0.3 is 6.03 Å². The molecule has 3 aliphatic rings. The second-order valence-corrected chi connectivity index (χ2v) is 11.4. The molecule has 1 aliphatic carbocycles. The molecule has 3 fully saturated rings. The summed E-state index contributed by atoms with van der Waals surface area (Å²) in [5.41, 5.74) is 0.226. The SMILES string of the molecule is C[C@@H](NC(=O)N[C@H]1CC[C@H](CCN2[C@@H]3CCC[C@H]2CC3)CC1)C(O)(c1ccccc1)c1ccccc1. The number of nitrogens with one attached hydrogen (secondary N) is 2. The van der Waals surface area contributed by atoms with Crippen LogP contribution in [0.1, 0.15) is 82.3 Å². The van der Waals surface area contributed by atoms with Crippen molar-refractivity contribution in [3.8, 4) is 0 Å². The zero-order valence-electron chi connectivity index (χ0n) is 21.7. The molecule has 0 radical (unpaired) electrons. The molecule has 0 aromatic heterocycles. The maximum absolute atomic E-state index is 13.0. The van der Waals surface area contributed by atoms with Gasteiger partial charge in [-0.05, 0) is 88.3 Å². The Balaban J connectivity index is 1.12. The summed E-state index contributed by atoms with van der Waals surface area (Å²) in [6.45, 7) is 3.15. The van der Waals surface area contributed by atoms with Crippen LogP contribution < -0.4 is 10.6 Å². The molecule has 2 bridgehead atoms. The Bertz CT molecular complexity index is 918. The molecule has 5 nitrogen and oxygen atoms in total. The molecule has 2 heterocycles. The van der Waals surface area contributed by atoms with Crippen LogP contribution in [0.5, 0.6) is 0 Å². The number of piperidine rings is 1. The normalized spacial score (nSPS) is 27.4. The van der Waals surface area contributed by atoms with Crippen LogP contribution in [0.25, 0.3) is 0 Å². The van der Waals surface area contributed by atoms with Crippen molar-refractivity contribution in [2.24, 2.45) is 5.92 Å². The number of hydrogen-bond donors (Lipinski definition) is 3. The predicted molar refractivity (Wildman–Crippen MR) is 145 cm³/mol. The minimum atomic E-state index is -1.31. The molecule has 3 atom stereocenters. The minimum Gasteiger partial charge on any atom is -0.378 e. The molecule has 2 aromatic rings. The van der Waals surface area contributed by atoms with E-state index >= 15 is 0 Å². The largest absolute Gasteiger partial charge is 0.378 e. The highest BCUT2D eigenvalue weighted by Crippen LogP contribution is 2.37. The van der Waals surface area contributed by atoms with Crippen LogP contribution >= 0.6 is 0 Å². The minimum absolute atomic E-state index is 0.193. The summed E-state index contributed by atoms with van der Waals surface area (Å²) in [6.07, 6.45) is 12.9. The fraction of sp³-hybridized carbons (Fsp3) is 0.581. The van der Waals surface area contributed by atoms with Crippen molar-refractivity contribution in [3.63, 3.8) is 0 Å². The summed E-state index contributed by atoms with van der Waals surface area (Å²) in [5, 5.41) is 18.1. The first-order valence-electron chi connectivity index (χ1n) is 14.2. The summed E-state index contributed by atoms with van der Waals surface area (Å²) in [4.78, 5) is 15.8. The molecule has 0 unspecified atom stereocenters. The molecular weight excluding hydrogens is 446 g/mol. The third kappa shape index (κ3) is 5.47. The monoisotopic (exact) mass is 489 g/mol. The Morgan fingerprint density at radius 3 is 2.00 bits per heavy atom. The first-order valence-corrected chi connectivity index (χ1v) is 14.2. The highest BCUT2D eigenvalue weighted by atomic mass is 16.3. The van der Waals surface area contributed by atoms with E-state index in [2.05, 4.69) is 15.5 Å². The van der Waals surface area contributed by atoms with E-state index in [9.17, 15) is 9.90 Å². The van der Waals surface area contributed by atoms with Crippen molar-refractivity contribution in [1.82, 2.24) is 15.5 Å². The van der Waals surface area contributed by atoms with E-state index in [1.807, 2.05) is 67.6 Å². The van der Waals surface area contributed by atoms with Gasteiger partial charge in [0, 0.05) is 18.1 Å². The van der Waals surface area contributed by atoms with Crippen molar-refractivity contribution in [1.29, 1.82) is 0 Å². The molecule has 1 saturated carbocycles.